The molecule has 0 unspecified atom stereocenters. The zero-order valence-electron chi connectivity index (χ0n) is 10.8. The van der Waals surface area contributed by atoms with Crippen molar-refractivity contribution in [2.75, 3.05) is 14.2 Å². The molecule has 0 aromatic carbocycles. The fourth-order valence-electron chi connectivity index (χ4n) is 1.42. The number of ether oxygens (including phenoxy) is 3. The second-order valence-corrected chi connectivity index (χ2v) is 3.61. The third-order valence-corrected chi connectivity index (χ3v) is 2.31. The molecule has 0 atom stereocenters. The normalized spacial score (nSPS) is 11.1. The molecule has 2 N–H and O–H groups in total. The number of halogens is 3. The fourth-order valence-corrected chi connectivity index (χ4v) is 1.42. The Morgan fingerprint density at radius 2 is 2.05 bits per heavy atom. The molecule has 20 heavy (non-hydrogen) atoms. The number of pyridine rings is 1. The minimum atomic E-state index is -4.92. The van der Waals surface area contributed by atoms with Gasteiger partial charge in [-0.1, -0.05) is 0 Å². The predicted molar refractivity (Wildman–Crippen MR) is 61.1 cm³/mol. The second-order valence-electron chi connectivity index (χ2n) is 3.61. The molecule has 1 heterocycles. The van der Waals surface area contributed by atoms with Gasteiger partial charge < -0.3 is 19.9 Å². The maximum Gasteiger partial charge on any atom is 0.574 e. The van der Waals surface area contributed by atoms with Gasteiger partial charge in [0.15, 0.2) is 5.75 Å². The van der Waals surface area contributed by atoms with Crippen LogP contribution < -0.4 is 15.2 Å². The van der Waals surface area contributed by atoms with Gasteiger partial charge in [0.25, 0.3) is 5.88 Å². The topological polar surface area (TPSA) is 83.7 Å². The molecule has 0 spiro atoms. The second kappa shape index (κ2) is 6.42. The molecule has 0 aliphatic heterocycles. The van der Waals surface area contributed by atoms with E-state index in [4.69, 9.17) is 10.5 Å². The molecule has 112 valence electrons. The lowest BCUT2D eigenvalue weighted by atomic mass is 10.1. The number of methoxy groups -OCH3 is 2. The molecule has 0 aliphatic carbocycles. The van der Waals surface area contributed by atoms with Gasteiger partial charge in [0.1, 0.15) is 0 Å². The summed E-state index contributed by atoms with van der Waals surface area (Å²) in [6.07, 6.45) is -5.24. The van der Waals surface area contributed by atoms with Crippen molar-refractivity contribution >= 4 is 5.97 Å². The van der Waals surface area contributed by atoms with E-state index in [0.717, 1.165) is 7.11 Å². The van der Waals surface area contributed by atoms with Crippen molar-refractivity contribution in [1.82, 2.24) is 4.98 Å². The van der Waals surface area contributed by atoms with Crippen molar-refractivity contribution in [3.05, 3.63) is 17.3 Å². The summed E-state index contributed by atoms with van der Waals surface area (Å²) in [5.41, 5.74) is 5.86. The van der Waals surface area contributed by atoms with Crippen LogP contribution in [0.4, 0.5) is 13.2 Å². The summed E-state index contributed by atoms with van der Waals surface area (Å²) in [6, 6.07) is 1.24. The molecule has 0 fully saturated rings. The van der Waals surface area contributed by atoms with Crippen molar-refractivity contribution < 1.29 is 32.2 Å². The van der Waals surface area contributed by atoms with Crippen LogP contribution in [0.1, 0.15) is 11.3 Å². The molecular formula is C11H13F3N2O4. The predicted octanol–water partition coefficient (Wildman–Crippen LogP) is 1.16. The number of carbonyl (C=O) groups is 1. The van der Waals surface area contributed by atoms with Gasteiger partial charge in [-0.2, -0.15) is 0 Å². The number of esters is 1. The molecule has 1 aromatic rings. The van der Waals surface area contributed by atoms with E-state index in [9.17, 15) is 18.0 Å². The highest BCUT2D eigenvalue weighted by atomic mass is 19.4. The summed E-state index contributed by atoms with van der Waals surface area (Å²) >= 11 is 0. The van der Waals surface area contributed by atoms with Crippen LogP contribution in [0, 0.1) is 0 Å². The third-order valence-electron chi connectivity index (χ3n) is 2.31. The van der Waals surface area contributed by atoms with Crippen LogP contribution in [0.5, 0.6) is 11.6 Å². The summed E-state index contributed by atoms with van der Waals surface area (Å²) in [5, 5.41) is 0. The standard InChI is InChI=1S/C11H13F3N2O4/c1-18-8-3-6(5-15)7(4-9(17)19-2)16-10(8)20-11(12,13)14/h3H,4-5,15H2,1-2H3. The maximum atomic E-state index is 12.3. The average molecular weight is 294 g/mol. The monoisotopic (exact) mass is 294 g/mol. The maximum absolute atomic E-state index is 12.3. The number of rotatable bonds is 5. The van der Waals surface area contributed by atoms with E-state index >= 15 is 0 Å². The molecule has 0 radical (unpaired) electrons. The summed E-state index contributed by atoms with van der Waals surface area (Å²) < 4.78 is 49.7. The van der Waals surface area contributed by atoms with Gasteiger partial charge in [0.2, 0.25) is 0 Å². The van der Waals surface area contributed by atoms with E-state index in [1.807, 2.05) is 0 Å². The van der Waals surface area contributed by atoms with Gasteiger partial charge in [-0.15, -0.1) is 13.2 Å². The Bertz CT molecular complexity index is 491. The Labute approximate surface area is 112 Å². The van der Waals surface area contributed by atoms with Crippen LogP contribution in [0.25, 0.3) is 0 Å². The molecule has 6 nitrogen and oxygen atoms in total. The number of aromatic nitrogens is 1. The molecule has 0 bridgehead atoms. The van der Waals surface area contributed by atoms with Gasteiger partial charge in [0, 0.05) is 6.54 Å². The quantitative estimate of drug-likeness (QED) is 0.820. The Hall–Kier alpha value is -2.03. The van der Waals surface area contributed by atoms with Crippen molar-refractivity contribution in [3.8, 4) is 11.6 Å². The van der Waals surface area contributed by atoms with Crippen molar-refractivity contribution in [1.29, 1.82) is 0 Å². The number of hydrogen-bond acceptors (Lipinski definition) is 6. The Balaban J connectivity index is 3.22. The SMILES string of the molecule is COC(=O)Cc1nc(OC(F)(F)F)c(OC)cc1CN. The smallest absolute Gasteiger partial charge is 0.491 e. The Kier molecular flexibility index (Phi) is 5.14. The van der Waals surface area contributed by atoms with Crippen LogP contribution in [0.15, 0.2) is 6.07 Å². The summed E-state index contributed by atoms with van der Waals surface area (Å²) in [4.78, 5) is 14.8. The van der Waals surface area contributed by atoms with E-state index < -0.39 is 18.2 Å². The highest BCUT2D eigenvalue weighted by Gasteiger charge is 2.34. The van der Waals surface area contributed by atoms with Crippen LogP contribution >= 0.6 is 0 Å². The van der Waals surface area contributed by atoms with Crippen LogP contribution in [-0.2, 0) is 22.5 Å². The lowest BCUT2D eigenvalue weighted by Crippen LogP contribution is -2.20. The first-order chi connectivity index (χ1) is 9.30. The molecular weight excluding hydrogens is 281 g/mol. The number of nitrogens with two attached hydrogens (primary N) is 1. The molecule has 0 amide bonds. The summed E-state index contributed by atoms with van der Waals surface area (Å²) in [6.45, 7) is -0.0258. The number of alkyl halides is 3. The highest BCUT2D eigenvalue weighted by Crippen LogP contribution is 2.32. The third kappa shape index (κ3) is 4.26. The minimum absolute atomic E-state index is 0.0258. The number of nitrogens with zero attached hydrogens (tertiary/aromatic N) is 1. The molecule has 1 aromatic heterocycles. The highest BCUT2D eigenvalue weighted by molar-refractivity contribution is 5.72. The van der Waals surface area contributed by atoms with E-state index in [1.165, 1.54) is 13.2 Å². The van der Waals surface area contributed by atoms with E-state index in [0.29, 0.717) is 5.56 Å². The zero-order chi connectivity index (χ0) is 15.3. The summed E-state index contributed by atoms with van der Waals surface area (Å²) in [7, 11) is 2.32. The molecule has 0 saturated carbocycles. The van der Waals surface area contributed by atoms with Crippen molar-refractivity contribution in [2.24, 2.45) is 5.73 Å². The molecule has 0 aliphatic rings. The fraction of sp³-hybridized carbons (Fsp3) is 0.455. The van der Waals surface area contributed by atoms with Gasteiger partial charge in [-0.3, -0.25) is 4.79 Å². The van der Waals surface area contributed by atoms with Gasteiger partial charge in [-0.05, 0) is 11.6 Å². The summed E-state index contributed by atoms with van der Waals surface area (Å²) in [5.74, 6) is -1.66. The van der Waals surface area contributed by atoms with Crippen LogP contribution in [0.2, 0.25) is 0 Å². The van der Waals surface area contributed by atoms with E-state index in [-0.39, 0.29) is 24.4 Å². The van der Waals surface area contributed by atoms with E-state index in [1.54, 1.807) is 0 Å². The van der Waals surface area contributed by atoms with Crippen LogP contribution in [-0.4, -0.2) is 31.5 Å². The van der Waals surface area contributed by atoms with Crippen LogP contribution in [0.3, 0.4) is 0 Å². The molecule has 9 heteroatoms. The minimum Gasteiger partial charge on any atom is -0.491 e. The largest absolute Gasteiger partial charge is 0.574 e. The molecule has 1 rings (SSSR count). The van der Waals surface area contributed by atoms with Gasteiger partial charge >= 0.3 is 12.3 Å². The Morgan fingerprint density at radius 1 is 1.40 bits per heavy atom. The average Bonchev–Trinajstić information content (AvgIpc) is 2.37. The first-order valence-corrected chi connectivity index (χ1v) is 5.40. The van der Waals surface area contributed by atoms with Gasteiger partial charge in [-0.25, -0.2) is 4.98 Å². The Morgan fingerprint density at radius 3 is 2.50 bits per heavy atom. The lowest BCUT2D eigenvalue weighted by Gasteiger charge is -2.15. The first kappa shape index (κ1) is 16.0. The van der Waals surface area contributed by atoms with Gasteiger partial charge in [0.05, 0.1) is 26.3 Å². The zero-order valence-corrected chi connectivity index (χ0v) is 10.8. The number of carbonyl (C=O) groups excluding carboxylic acids is 1. The number of hydrogen-bond donors (Lipinski definition) is 1. The molecule has 0 saturated heterocycles. The first-order valence-electron chi connectivity index (χ1n) is 5.40. The van der Waals surface area contributed by atoms with Crippen molar-refractivity contribution in [2.45, 2.75) is 19.3 Å². The van der Waals surface area contributed by atoms with Crippen molar-refractivity contribution in [3.63, 3.8) is 0 Å². The van der Waals surface area contributed by atoms with E-state index in [2.05, 4.69) is 14.5 Å². The lowest BCUT2D eigenvalue weighted by molar-refractivity contribution is -0.276.